The summed E-state index contributed by atoms with van der Waals surface area (Å²) >= 11 is 3.29. The van der Waals surface area contributed by atoms with Gasteiger partial charge in [0.15, 0.2) is 0 Å². The van der Waals surface area contributed by atoms with E-state index in [1.807, 2.05) is 0 Å². The molecule has 0 aromatic carbocycles. The molecule has 0 atom stereocenters. The lowest BCUT2D eigenvalue weighted by molar-refractivity contribution is 0.396. The van der Waals surface area contributed by atoms with Gasteiger partial charge in [-0.2, -0.15) is 0 Å². The molecule has 1 N–H and O–H groups in total. The summed E-state index contributed by atoms with van der Waals surface area (Å²) in [6.07, 6.45) is 1.53. The minimum absolute atomic E-state index is 0.0980. The summed E-state index contributed by atoms with van der Waals surface area (Å²) in [7, 11) is 1.52. The fourth-order valence-corrected chi connectivity index (χ4v) is 1.63. The molecule has 0 aliphatic rings. The molecule has 0 saturated heterocycles. The second kappa shape index (κ2) is 3.42. The Morgan fingerprint density at radius 1 is 1.50 bits per heavy atom. The van der Waals surface area contributed by atoms with Gasteiger partial charge in [-0.1, -0.05) is 0 Å². The maximum Gasteiger partial charge on any atom is 0.228 e. The number of ether oxygens (including phenoxy) is 1. The molecule has 4 nitrogen and oxygen atoms in total. The first kappa shape index (κ1) is 9.21. The van der Waals surface area contributed by atoms with Crippen molar-refractivity contribution >= 4 is 27.0 Å². The molecule has 0 fully saturated rings. The van der Waals surface area contributed by atoms with Crippen LogP contribution in [0.4, 0.5) is 0 Å². The predicted octanol–water partition coefficient (Wildman–Crippen LogP) is 2.11. The average Bonchev–Trinajstić information content (AvgIpc) is 2.17. The topological polar surface area (TPSA) is 55.2 Å². The Labute approximate surface area is 88.7 Å². The third-order valence-electron chi connectivity index (χ3n) is 1.81. The van der Waals surface area contributed by atoms with E-state index in [-0.39, 0.29) is 5.75 Å². The second-order valence-corrected chi connectivity index (χ2v) is 3.53. The lowest BCUT2D eigenvalue weighted by atomic mass is 10.3. The molecular formula is C9H7BrN2O2. The lowest BCUT2D eigenvalue weighted by Gasteiger charge is -2.04. The highest BCUT2D eigenvalue weighted by atomic mass is 79.9. The fraction of sp³-hybridized carbons (Fsp3) is 0.111. The molecule has 0 saturated carbocycles. The van der Waals surface area contributed by atoms with Gasteiger partial charge in [-0.15, -0.1) is 0 Å². The predicted molar refractivity (Wildman–Crippen MR) is 55.5 cm³/mol. The number of fused-ring (bicyclic) bond motifs is 1. The monoisotopic (exact) mass is 254 g/mol. The van der Waals surface area contributed by atoms with Crippen LogP contribution in [0.25, 0.3) is 11.0 Å². The highest BCUT2D eigenvalue weighted by molar-refractivity contribution is 9.10. The van der Waals surface area contributed by atoms with E-state index >= 15 is 0 Å². The van der Waals surface area contributed by atoms with Crippen LogP contribution in [0.3, 0.4) is 0 Å². The third kappa shape index (κ3) is 1.39. The van der Waals surface area contributed by atoms with E-state index in [0.29, 0.717) is 21.4 Å². The van der Waals surface area contributed by atoms with Gasteiger partial charge >= 0.3 is 0 Å². The van der Waals surface area contributed by atoms with Gasteiger partial charge < -0.3 is 9.84 Å². The first-order valence-electron chi connectivity index (χ1n) is 3.90. The molecule has 2 rings (SSSR count). The van der Waals surface area contributed by atoms with Gasteiger partial charge in [0, 0.05) is 12.3 Å². The Kier molecular flexibility index (Phi) is 2.25. The van der Waals surface area contributed by atoms with Crippen molar-refractivity contribution in [1.29, 1.82) is 0 Å². The van der Waals surface area contributed by atoms with Crippen molar-refractivity contribution in [3.8, 4) is 11.6 Å². The van der Waals surface area contributed by atoms with E-state index in [2.05, 4.69) is 25.9 Å². The summed E-state index contributed by atoms with van der Waals surface area (Å²) < 4.78 is 5.72. The van der Waals surface area contributed by atoms with Crippen LogP contribution in [0.1, 0.15) is 0 Å². The Hall–Kier alpha value is -1.36. The van der Waals surface area contributed by atoms with E-state index in [1.54, 1.807) is 6.07 Å². The minimum atomic E-state index is 0.0980. The highest BCUT2D eigenvalue weighted by Crippen LogP contribution is 2.29. The number of rotatable bonds is 1. The van der Waals surface area contributed by atoms with Crippen LogP contribution in [0.15, 0.2) is 22.8 Å². The summed E-state index contributed by atoms with van der Waals surface area (Å²) in [6.45, 7) is 0. The van der Waals surface area contributed by atoms with Crippen LogP contribution < -0.4 is 4.74 Å². The van der Waals surface area contributed by atoms with Crippen LogP contribution in [-0.2, 0) is 0 Å². The quantitative estimate of drug-likeness (QED) is 0.847. The number of nitrogens with zero attached hydrogens (tertiary/aromatic N) is 2. The molecule has 2 heterocycles. The molecule has 0 spiro atoms. The molecule has 5 heteroatoms. The molecule has 0 amide bonds. The molecule has 0 unspecified atom stereocenters. The molecule has 0 radical (unpaired) electrons. The average molecular weight is 255 g/mol. The molecule has 0 aliphatic heterocycles. The Morgan fingerprint density at radius 3 is 3.00 bits per heavy atom. The van der Waals surface area contributed by atoms with Crippen LogP contribution in [0.2, 0.25) is 0 Å². The highest BCUT2D eigenvalue weighted by Gasteiger charge is 2.08. The van der Waals surface area contributed by atoms with Crippen molar-refractivity contribution < 1.29 is 9.84 Å². The van der Waals surface area contributed by atoms with Gasteiger partial charge in [0.2, 0.25) is 5.88 Å². The molecule has 2 aromatic rings. The molecule has 14 heavy (non-hydrogen) atoms. The zero-order valence-corrected chi connectivity index (χ0v) is 8.95. The van der Waals surface area contributed by atoms with Crippen molar-refractivity contribution in [3.63, 3.8) is 0 Å². The smallest absolute Gasteiger partial charge is 0.228 e. The molecule has 0 bridgehead atoms. The van der Waals surface area contributed by atoms with Gasteiger partial charge in [-0.05, 0) is 22.0 Å². The van der Waals surface area contributed by atoms with Crippen molar-refractivity contribution in [2.24, 2.45) is 0 Å². The van der Waals surface area contributed by atoms with E-state index in [0.717, 1.165) is 0 Å². The van der Waals surface area contributed by atoms with Gasteiger partial charge in [0.25, 0.3) is 0 Å². The van der Waals surface area contributed by atoms with Crippen LogP contribution >= 0.6 is 15.9 Å². The summed E-state index contributed by atoms with van der Waals surface area (Å²) in [5.41, 5.74) is 1.06. The molecular weight excluding hydrogens is 248 g/mol. The molecule has 0 aliphatic carbocycles. The Bertz CT molecular complexity index is 487. The van der Waals surface area contributed by atoms with Crippen LogP contribution in [0, 0.1) is 0 Å². The van der Waals surface area contributed by atoms with Crippen LogP contribution in [0.5, 0.6) is 11.6 Å². The summed E-state index contributed by atoms with van der Waals surface area (Å²) in [6, 6.07) is 3.24. The fourth-order valence-electron chi connectivity index (χ4n) is 1.16. The van der Waals surface area contributed by atoms with Crippen molar-refractivity contribution in [1.82, 2.24) is 9.97 Å². The number of aromatic hydroxyl groups is 1. The number of halogens is 1. The summed E-state index contributed by atoms with van der Waals surface area (Å²) in [4.78, 5) is 8.18. The minimum Gasteiger partial charge on any atom is -0.506 e. The number of hydrogen-bond acceptors (Lipinski definition) is 4. The SMILES string of the molecule is COc1nc2c(O)ccnc2cc1Br. The zero-order chi connectivity index (χ0) is 10.1. The van der Waals surface area contributed by atoms with E-state index in [9.17, 15) is 5.11 Å². The number of hydrogen-bond donors (Lipinski definition) is 1. The Balaban J connectivity index is 2.80. The van der Waals surface area contributed by atoms with Crippen molar-refractivity contribution in [2.45, 2.75) is 0 Å². The van der Waals surface area contributed by atoms with Crippen molar-refractivity contribution in [3.05, 3.63) is 22.8 Å². The van der Waals surface area contributed by atoms with Crippen molar-refractivity contribution in [2.75, 3.05) is 7.11 Å². The largest absolute Gasteiger partial charge is 0.506 e. The second-order valence-electron chi connectivity index (χ2n) is 2.68. The number of pyridine rings is 2. The van der Waals surface area contributed by atoms with E-state index in [1.165, 1.54) is 19.4 Å². The first-order valence-corrected chi connectivity index (χ1v) is 4.70. The maximum absolute atomic E-state index is 9.51. The standard InChI is InChI=1S/C9H7BrN2O2/c1-14-9-5(10)4-6-8(12-9)7(13)2-3-11-6/h2-4H,1H3,(H,11,13). The Morgan fingerprint density at radius 2 is 2.29 bits per heavy atom. The van der Waals surface area contributed by atoms with Crippen LogP contribution in [-0.4, -0.2) is 22.2 Å². The van der Waals surface area contributed by atoms with Gasteiger partial charge in [-0.3, -0.25) is 4.98 Å². The van der Waals surface area contributed by atoms with E-state index in [4.69, 9.17) is 4.74 Å². The summed E-state index contributed by atoms with van der Waals surface area (Å²) in [5.74, 6) is 0.529. The summed E-state index contributed by atoms with van der Waals surface area (Å²) in [5, 5.41) is 9.51. The normalized spacial score (nSPS) is 10.4. The lowest BCUT2D eigenvalue weighted by Crippen LogP contribution is -1.91. The molecule has 2 aromatic heterocycles. The zero-order valence-electron chi connectivity index (χ0n) is 7.36. The van der Waals surface area contributed by atoms with Gasteiger partial charge in [-0.25, -0.2) is 4.98 Å². The number of aromatic nitrogens is 2. The van der Waals surface area contributed by atoms with Gasteiger partial charge in [0.1, 0.15) is 11.3 Å². The van der Waals surface area contributed by atoms with E-state index < -0.39 is 0 Å². The first-order chi connectivity index (χ1) is 6.72. The number of methoxy groups -OCH3 is 1. The van der Waals surface area contributed by atoms with Gasteiger partial charge in [0.05, 0.1) is 17.1 Å². The molecule has 72 valence electrons. The maximum atomic E-state index is 9.51. The third-order valence-corrected chi connectivity index (χ3v) is 2.37.